The molecule has 3 N–H and O–H groups in total. The highest BCUT2D eigenvalue weighted by molar-refractivity contribution is 5.21. The summed E-state index contributed by atoms with van der Waals surface area (Å²) < 4.78 is 31.7. The van der Waals surface area contributed by atoms with Gasteiger partial charge in [-0.3, -0.25) is 11.3 Å². The number of hydrogen-bond donors (Lipinski definition) is 2. The third kappa shape index (κ3) is 3.96. The van der Waals surface area contributed by atoms with Gasteiger partial charge in [-0.2, -0.15) is 0 Å². The lowest BCUT2D eigenvalue weighted by Gasteiger charge is -2.25. The Balaban J connectivity index is 1.93. The third-order valence-corrected chi connectivity index (χ3v) is 3.60. The van der Waals surface area contributed by atoms with Gasteiger partial charge in [0, 0.05) is 12.6 Å². The summed E-state index contributed by atoms with van der Waals surface area (Å²) in [6.45, 7) is 0.816. The molecule has 1 aromatic rings. The second-order valence-corrected chi connectivity index (χ2v) is 4.96. The lowest BCUT2D eigenvalue weighted by molar-refractivity contribution is 0.00854. The molecule has 0 saturated carbocycles. The highest BCUT2D eigenvalue weighted by Gasteiger charge is 2.18. The molecule has 0 radical (unpaired) electrons. The van der Waals surface area contributed by atoms with E-state index in [-0.39, 0.29) is 12.1 Å². The Kier molecular flexibility index (Phi) is 5.24. The van der Waals surface area contributed by atoms with Crippen LogP contribution in [0.15, 0.2) is 18.2 Å². The predicted octanol–water partition coefficient (Wildman–Crippen LogP) is 2.82. The molecule has 5 heteroatoms. The molecule has 1 fully saturated rings. The molecule has 0 aliphatic carbocycles. The molecule has 1 heterocycles. The van der Waals surface area contributed by atoms with Crippen molar-refractivity contribution in [1.82, 2.24) is 5.43 Å². The van der Waals surface area contributed by atoms with Crippen LogP contribution >= 0.6 is 0 Å². The van der Waals surface area contributed by atoms with Crippen molar-refractivity contribution < 1.29 is 13.5 Å². The number of rotatable bonds is 5. The summed E-state index contributed by atoms with van der Waals surface area (Å²) in [5, 5.41) is 0. The third-order valence-electron chi connectivity index (χ3n) is 3.60. The van der Waals surface area contributed by atoms with E-state index >= 15 is 0 Å². The summed E-state index contributed by atoms with van der Waals surface area (Å²) >= 11 is 0. The average Bonchev–Trinajstić information content (AvgIpc) is 2.44. The topological polar surface area (TPSA) is 47.3 Å². The predicted molar refractivity (Wildman–Crippen MR) is 69.2 cm³/mol. The minimum absolute atomic E-state index is 0.180. The molecule has 2 rings (SSSR count). The van der Waals surface area contributed by atoms with Crippen LogP contribution in [0, 0.1) is 11.6 Å². The molecule has 106 valence electrons. The van der Waals surface area contributed by atoms with Gasteiger partial charge in [-0.1, -0.05) is 6.07 Å². The van der Waals surface area contributed by atoms with Crippen LogP contribution in [0.2, 0.25) is 0 Å². The van der Waals surface area contributed by atoms with Crippen LogP contribution in [0.3, 0.4) is 0 Å². The van der Waals surface area contributed by atoms with Crippen molar-refractivity contribution in [3.63, 3.8) is 0 Å². The van der Waals surface area contributed by atoms with Gasteiger partial charge in [-0.25, -0.2) is 8.78 Å². The van der Waals surface area contributed by atoms with E-state index in [1.54, 1.807) is 6.07 Å². The van der Waals surface area contributed by atoms with Gasteiger partial charge in [-0.15, -0.1) is 0 Å². The summed E-state index contributed by atoms with van der Waals surface area (Å²) in [5.41, 5.74) is 3.32. The van der Waals surface area contributed by atoms with E-state index in [0.717, 1.165) is 38.4 Å². The molecule has 0 spiro atoms. The number of halogens is 2. The van der Waals surface area contributed by atoms with Gasteiger partial charge < -0.3 is 4.74 Å². The van der Waals surface area contributed by atoms with Gasteiger partial charge >= 0.3 is 0 Å². The van der Waals surface area contributed by atoms with E-state index in [0.29, 0.717) is 5.56 Å². The van der Waals surface area contributed by atoms with E-state index in [4.69, 9.17) is 10.6 Å². The van der Waals surface area contributed by atoms with Crippen LogP contribution in [0.1, 0.15) is 43.7 Å². The molecule has 0 bridgehead atoms. The Hall–Kier alpha value is -1.04. The minimum atomic E-state index is -0.841. The Labute approximate surface area is 112 Å². The van der Waals surface area contributed by atoms with Crippen LogP contribution < -0.4 is 11.3 Å². The second-order valence-electron chi connectivity index (χ2n) is 4.96. The zero-order valence-electron chi connectivity index (χ0n) is 10.9. The summed E-state index contributed by atoms with van der Waals surface area (Å²) in [5.74, 6) is 3.82. The van der Waals surface area contributed by atoms with Crippen molar-refractivity contribution in [3.8, 4) is 0 Å². The lowest BCUT2D eigenvalue weighted by atomic mass is 9.97. The first-order chi connectivity index (χ1) is 9.20. The zero-order chi connectivity index (χ0) is 13.7. The standard InChI is InChI=1S/C14H20F2N2O/c15-12-6-4-10(9-13(12)16)14(18-17)7-5-11-3-1-2-8-19-11/h4,6,9,11,14,18H,1-3,5,7-8,17H2. The number of benzene rings is 1. The van der Waals surface area contributed by atoms with Gasteiger partial charge in [0.2, 0.25) is 0 Å². The molecule has 1 aliphatic heterocycles. The lowest BCUT2D eigenvalue weighted by Crippen LogP contribution is -2.30. The van der Waals surface area contributed by atoms with Gasteiger partial charge in [0.15, 0.2) is 11.6 Å². The fourth-order valence-corrected chi connectivity index (χ4v) is 2.46. The monoisotopic (exact) mass is 270 g/mol. The molecule has 3 nitrogen and oxygen atoms in total. The Morgan fingerprint density at radius 2 is 2.16 bits per heavy atom. The largest absolute Gasteiger partial charge is 0.378 e. The molecule has 2 atom stereocenters. The van der Waals surface area contributed by atoms with Crippen LogP contribution in [-0.2, 0) is 4.74 Å². The fraction of sp³-hybridized carbons (Fsp3) is 0.571. The highest BCUT2D eigenvalue weighted by atomic mass is 19.2. The van der Waals surface area contributed by atoms with Crippen LogP contribution in [0.25, 0.3) is 0 Å². The first-order valence-corrected chi connectivity index (χ1v) is 6.73. The Morgan fingerprint density at radius 3 is 2.79 bits per heavy atom. The van der Waals surface area contributed by atoms with Crippen molar-refractivity contribution >= 4 is 0 Å². The molecule has 2 unspecified atom stereocenters. The first-order valence-electron chi connectivity index (χ1n) is 6.73. The average molecular weight is 270 g/mol. The van der Waals surface area contributed by atoms with Crippen molar-refractivity contribution in [2.45, 2.75) is 44.2 Å². The van der Waals surface area contributed by atoms with Gasteiger partial charge in [0.25, 0.3) is 0 Å². The van der Waals surface area contributed by atoms with Gasteiger partial charge in [0.05, 0.1) is 6.10 Å². The van der Waals surface area contributed by atoms with Crippen molar-refractivity contribution in [3.05, 3.63) is 35.4 Å². The summed E-state index contributed by atoms with van der Waals surface area (Å²) in [4.78, 5) is 0. The van der Waals surface area contributed by atoms with Gasteiger partial charge in [0.1, 0.15) is 0 Å². The van der Waals surface area contributed by atoms with E-state index < -0.39 is 11.6 Å². The number of nitrogens with two attached hydrogens (primary N) is 1. The van der Waals surface area contributed by atoms with Crippen LogP contribution in [0.5, 0.6) is 0 Å². The Morgan fingerprint density at radius 1 is 1.32 bits per heavy atom. The molecular formula is C14H20F2N2O. The van der Waals surface area contributed by atoms with E-state index in [2.05, 4.69) is 5.43 Å². The van der Waals surface area contributed by atoms with Crippen molar-refractivity contribution in [2.75, 3.05) is 6.61 Å². The van der Waals surface area contributed by atoms with E-state index in [1.165, 1.54) is 12.5 Å². The number of hydrogen-bond acceptors (Lipinski definition) is 3. The molecule has 19 heavy (non-hydrogen) atoms. The van der Waals surface area contributed by atoms with Crippen LogP contribution in [-0.4, -0.2) is 12.7 Å². The molecule has 1 aromatic carbocycles. The van der Waals surface area contributed by atoms with Crippen molar-refractivity contribution in [2.24, 2.45) is 5.84 Å². The van der Waals surface area contributed by atoms with Crippen LogP contribution in [0.4, 0.5) is 8.78 Å². The quantitative estimate of drug-likeness (QED) is 0.639. The maximum atomic E-state index is 13.2. The minimum Gasteiger partial charge on any atom is -0.378 e. The SMILES string of the molecule is NNC(CCC1CCCCO1)c1ccc(F)c(F)c1. The highest BCUT2D eigenvalue weighted by Crippen LogP contribution is 2.24. The maximum Gasteiger partial charge on any atom is 0.159 e. The van der Waals surface area contributed by atoms with E-state index in [1.807, 2.05) is 0 Å². The normalized spacial score (nSPS) is 21.3. The second kappa shape index (κ2) is 6.93. The first kappa shape index (κ1) is 14.4. The van der Waals surface area contributed by atoms with Gasteiger partial charge in [-0.05, 0) is 49.8 Å². The number of hydrazine groups is 1. The number of ether oxygens (including phenoxy) is 1. The summed E-state index contributed by atoms with van der Waals surface area (Å²) in [7, 11) is 0. The fourth-order valence-electron chi connectivity index (χ4n) is 2.46. The van der Waals surface area contributed by atoms with E-state index in [9.17, 15) is 8.78 Å². The smallest absolute Gasteiger partial charge is 0.159 e. The summed E-state index contributed by atoms with van der Waals surface area (Å²) in [6, 6.07) is 3.71. The molecule has 0 aromatic heterocycles. The Bertz CT molecular complexity index is 408. The maximum absolute atomic E-state index is 13.2. The van der Waals surface area contributed by atoms with Crippen molar-refractivity contribution in [1.29, 1.82) is 0 Å². The molecular weight excluding hydrogens is 250 g/mol. The zero-order valence-corrected chi connectivity index (χ0v) is 10.9. The number of nitrogens with one attached hydrogen (secondary N) is 1. The summed E-state index contributed by atoms with van der Waals surface area (Å²) in [6.07, 6.45) is 5.25. The molecule has 1 saturated heterocycles. The molecule has 0 amide bonds. The molecule has 1 aliphatic rings.